The molecule has 0 spiro atoms. The Labute approximate surface area is 261 Å². The Hall–Kier alpha value is -3.65. The van der Waals surface area contributed by atoms with Crippen LogP contribution in [0.4, 0.5) is 0 Å². The highest BCUT2D eigenvalue weighted by Crippen LogP contribution is 2.40. The SMILES string of the molecule is COc1ccc(-c2oc3c(CC=C(C)C)c(OCCN4CCOCC4)cc(O)c3c(=O)c2O[C@H]2O[C@H](C)[C@@H](O)[C@H](O)[C@@H]2O)cc1. The number of ether oxygens (including phenoxy) is 5. The molecule has 0 bridgehead atoms. The summed E-state index contributed by atoms with van der Waals surface area (Å²) in [6.45, 7) is 9.32. The summed E-state index contributed by atoms with van der Waals surface area (Å²) in [5, 5.41) is 42.3. The predicted molar refractivity (Wildman–Crippen MR) is 165 cm³/mol. The Bertz CT molecular complexity index is 1560. The minimum absolute atomic E-state index is 0.00235. The molecule has 12 heteroatoms. The maximum absolute atomic E-state index is 14.2. The van der Waals surface area contributed by atoms with E-state index in [-0.39, 0.29) is 28.2 Å². The molecule has 0 aliphatic carbocycles. The Balaban J connectivity index is 1.64. The Morgan fingerprint density at radius 2 is 1.78 bits per heavy atom. The van der Waals surface area contributed by atoms with Crippen molar-refractivity contribution in [1.82, 2.24) is 4.90 Å². The Kier molecular flexibility index (Phi) is 10.3. The second-order valence-electron chi connectivity index (χ2n) is 11.5. The molecule has 0 amide bonds. The van der Waals surface area contributed by atoms with Crippen LogP contribution in [-0.4, -0.2) is 103 Å². The van der Waals surface area contributed by atoms with Gasteiger partial charge in [0.05, 0.1) is 26.4 Å². The van der Waals surface area contributed by atoms with E-state index >= 15 is 0 Å². The van der Waals surface area contributed by atoms with Crippen LogP contribution in [0.25, 0.3) is 22.3 Å². The van der Waals surface area contributed by atoms with Crippen molar-refractivity contribution < 1.29 is 48.5 Å². The summed E-state index contributed by atoms with van der Waals surface area (Å²) in [5.41, 5.74) is 1.43. The highest BCUT2D eigenvalue weighted by molar-refractivity contribution is 5.91. The number of methoxy groups -OCH3 is 1. The highest BCUT2D eigenvalue weighted by Gasteiger charge is 2.44. The molecular formula is C33H41NO11. The summed E-state index contributed by atoms with van der Waals surface area (Å²) >= 11 is 0. The maximum Gasteiger partial charge on any atom is 0.239 e. The summed E-state index contributed by atoms with van der Waals surface area (Å²) in [4.78, 5) is 16.4. The first-order valence-electron chi connectivity index (χ1n) is 15.0. The van der Waals surface area contributed by atoms with Crippen molar-refractivity contribution >= 4 is 11.0 Å². The number of aromatic hydroxyl groups is 1. The van der Waals surface area contributed by atoms with E-state index in [1.165, 1.54) is 20.1 Å². The van der Waals surface area contributed by atoms with E-state index in [0.29, 0.717) is 55.4 Å². The fraction of sp³-hybridized carbons (Fsp3) is 0.485. The smallest absolute Gasteiger partial charge is 0.239 e. The third-order valence-electron chi connectivity index (χ3n) is 8.04. The van der Waals surface area contributed by atoms with Gasteiger partial charge in [0.25, 0.3) is 0 Å². The molecule has 244 valence electrons. The Morgan fingerprint density at radius 3 is 2.44 bits per heavy atom. The zero-order chi connectivity index (χ0) is 32.2. The second-order valence-corrected chi connectivity index (χ2v) is 11.5. The van der Waals surface area contributed by atoms with Crippen molar-refractivity contribution in [2.75, 3.05) is 46.6 Å². The van der Waals surface area contributed by atoms with Gasteiger partial charge in [-0.15, -0.1) is 0 Å². The number of phenols is 1. The molecule has 2 fully saturated rings. The molecule has 3 heterocycles. The number of morpholine rings is 1. The zero-order valence-electron chi connectivity index (χ0n) is 25.9. The molecule has 4 N–H and O–H groups in total. The summed E-state index contributed by atoms with van der Waals surface area (Å²) in [7, 11) is 1.53. The summed E-state index contributed by atoms with van der Waals surface area (Å²) in [6.07, 6.45) is -4.74. The summed E-state index contributed by atoms with van der Waals surface area (Å²) < 4.78 is 34.9. The molecule has 0 radical (unpaired) electrons. The maximum atomic E-state index is 14.2. The largest absolute Gasteiger partial charge is 0.507 e. The lowest BCUT2D eigenvalue weighted by molar-refractivity contribution is -0.268. The first-order chi connectivity index (χ1) is 21.6. The van der Waals surface area contributed by atoms with E-state index in [1.54, 1.807) is 24.3 Å². The number of aliphatic hydroxyl groups excluding tert-OH is 3. The van der Waals surface area contributed by atoms with Gasteiger partial charge in [0, 0.05) is 36.8 Å². The van der Waals surface area contributed by atoms with Gasteiger partial charge >= 0.3 is 0 Å². The molecule has 2 aromatic carbocycles. The second kappa shape index (κ2) is 14.2. The molecule has 45 heavy (non-hydrogen) atoms. The van der Waals surface area contributed by atoms with E-state index < -0.39 is 36.1 Å². The number of hydrogen-bond acceptors (Lipinski definition) is 12. The van der Waals surface area contributed by atoms with E-state index in [2.05, 4.69) is 4.90 Å². The molecule has 12 nitrogen and oxygen atoms in total. The molecule has 3 aromatic rings. The van der Waals surface area contributed by atoms with E-state index in [1.807, 2.05) is 19.9 Å². The number of hydrogen-bond donors (Lipinski definition) is 4. The van der Waals surface area contributed by atoms with E-state index in [4.69, 9.17) is 28.1 Å². The van der Waals surface area contributed by atoms with Gasteiger partial charge in [0.2, 0.25) is 17.5 Å². The van der Waals surface area contributed by atoms with Gasteiger partial charge in [-0.3, -0.25) is 9.69 Å². The average molecular weight is 628 g/mol. The molecular weight excluding hydrogens is 586 g/mol. The van der Waals surface area contributed by atoms with Crippen LogP contribution in [0, 0.1) is 0 Å². The standard InChI is InChI=1S/C33H41NO11/c1-18(2)5-10-22-24(42-16-13-34-11-14-41-15-12-34)17-23(35)25-27(37)32(45-33-29(39)28(38)26(36)19(3)43-33)30(44-31(22)25)20-6-8-21(40-4)9-7-20/h5-9,17,19,26,28-29,33,35-36,38-39H,10-16H2,1-4H3/t19-,26-,28+,29+,33-/m1/s1. The van der Waals surface area contributed by atoms with Gasteiger partial charge < -0.3 is 48.5 Å². The summed E-state index contributed by atoms with van der Waals surface area (Å²) in [5.74, 6) is 0.222. The molecule has 2 saturated heterocycles. The van der Waals surface area contributed by atoms with E-state index in [0.717, 1.165) is 18.7 Å². The van der Waals surface area contributed by atoms with Crippen LogP contribution in [-0.2, 0) is 15.9 Å². The van der Waals surface area contributed by atoms with Crippen molar-refractivity contribution in [3.05, 3.63) is 57.8 Å². The zero-order valence-corrected chi connectivity index (χ0v) is 25.9. The lowest BCUT2D eigenvalue weighted by Gasteiger charge is -2.38. The lowest BCUT2D eigenvalue weighted by atomic mass is 10.00. The third kappa shape index (κ3) is 7.11. The first kappa shape index (κ1) is 32.7. The summed E-state index contributed by atoms with van der Waals surface area (Å²) in [6, 6.07) is 8.12. The van der Waals surface area contributed by atoms with Crippen molar-refractivity contribution in [3.63, 3.8) is 0 Å². The number of aliphatic hydroxyl groups is 3. The average Bonchev–Trinajstić information content (AvgIpc) is 3.03. The number of phenolic OH excluding ortho intramolecular Hbond substituents is 1. The number of allylic oxidation sites excluding steroid dienone is 2. The van der Waals surface area contributed by atoms with Gasteiger partial charge in [0.15, 0.2) is 5.76 Å². The van der Waals surface area contributed by atoms with Gasteiger partial charge in [-0.2, -0.15) is 0 Å². The normalized spacial score (nSPS) is 23.9. The van der Waals surface area contributed by atoms with Crippen molar-refractivity contribution in [1.29, 1.82) is 0 Å². The first-order valence-corrected chi connectivity index (χ1v) is 15.0. The quantitative estimate of drug-likeness (QED) is 0.244. The highest BCUT2D eigenvalue weighted by atomic mass is 16.7. The third-order valence-corrected chi connectivity index (χ3v) is 8.04. The van der Waals surface area contributed by atoms with Gasteiger partial charge in [-0.05, 0) is 51.5 Å². The molecule has 2 aliphatic rings. The topological polar surface area (TPSA) is 161 Å². The minimum atomic E-state index is -1.68. The van der Waals surface area contributed by atoms with Crippen LogP contribution < -0.4 is 19.6 Å². The number of fused-ring (bicyclic) bond motifs is 1. The number of benzene rings is 2. The van der Waals surface area contributed by atoms with Gasteiger partial charge in [-0.1, -0.05) is 11.6 Å². The van der Waals surface area contributed by atoms with Crippen molar-refractivity contribution in [2.24, 2.45) is 0 Å². The monoisotopic (exact) mass is 627 g/mol. The van der Waals surface area contributed by atoms with Crippen LogP contribution >= 0.6 is 0 Å². The van der Waals surface area contributed by atoms with Crippen LogP contribution in [0.3, 0.4) is 0 Å². The molecule has 0 unspecified atom stereocenters. The Morgan fingerprint density at radius 1 is 1.07 bits per heavy atom. The minimum Gasteiger partial charge on any atom is -0.507 e. The van der Waals surface area contributed by atoms with Crippen molar-refractivity contribution in [3.8, 4) is 34.3 Å². The van der Waals surface area contributed by atoms with Crippen LogP contribution in [0.2, 0.25) is 0 Å². The van der Waals surface area contributed by atoms with Crippen molar-refractivity contribution in [2.45, 2.75) is 57.9 Å². The van der Waals surface area contributed by atoms with E-state index in [9.17, 15) is 25.2 Å². The lowest BCUT2D eigenvalue weighted by Crippen LogP contribution is -2.58. The van der Waals surface area contributed by atoms with Gasteiger partial charge in [-0.25, -0.2) is 0 Å². The number of rotatable bonds is 10. The molecule has 1 aromatic heterocycles. The van der Waals surface area contributed by atoms with Crippen LogP contribution in [0.5, 0.6) is 23.0 Å². The number of nitrogens with zero attached hydrogens (tertiary/aromatic N) is 1. The fourth-order valence-electron chi connectivity index (χ4n) is 5.36. The molecule has 5 rings (SSSR count). The predicted octanol–water partition coefficient (Wildman–Crippen LogP) is 2.60. The van der Waals surface area contributed by atoms with Crippen LogP contribution in [0.15, 0.2) is 51.2 Å². The fourth-order valence-corrected chi connectivity index (χ4v) is 5.36. The molecule has 0 saturated carbocycles. The molecule has 2 aliphatic heterocycles. The van der Waals surface area contributed by atoms with Gasteiger partial charge in [0.1, 0.15) is 53.1 Å². The molecule has 5 atom stereocenters. The van der Waals surface area contributed by atoms with Crippen LogP contribution in [0.1, 0.15) is 26.3 Å².